The predicted octanol–water partition coefficient (Wildman–Crippen LogP) is 3.61. The molecular weight excluding hydrogens is 352 g/mol. The number of sulfonamides is 1. The highest BCUT2D eigenvalue weighted by molar-refractivity contribution is 9.10. The van der Waals surface area contributed by atoms with Gasteiger partial charge in [-0.2, -0.15) is 0 Å². The van der Waals surface area contributed by atoms with E-state index in [1.54, 1.807) is 31.2 Å². The Bertz CT molecular complexity index is 719. The molecule has 0 saturated carbocycles. The molecule has 1 aromatic heterocycles. The Balaban J connectivity index is 2.36. The van der Waals surface area contributed by atoms with Gasteiger partial charge in [-0.25, -0.2) is 13.4 Å². The Morgan fingerprint density at radius 1 is 1.26 bits per heavy atom. The fourth-order valence-electron chi connectivity index (χ4n) is 1.48. The summed E-state index contributed by atoms with van der Waals surface area (Å²) in [7, 11) is -3.66. The molecule has 0 spiro atoms. The van der Waals surface area contributed by atoms with Crippen molar-refractivity contribution in [2.75, 3.05) is 4.72 Å². The molecule has 0 saturated heterocycles. The van der Waals surface area contributed by atoms with Crippen LogP contribution in [0.5, 0.6) is 0 Å². The van der Waals surface area contributed by atoms with Gasteiger partial charge in [-0.3, -0.25) is 4.72 Å². The van der Waals surface area contributed by atoms with Crippen molar-refractivity contribution in [3.8, 4) is 0 Å². The molecule has 1 heterocycles. The van der Waals surface area contributed by atoms with Crippen LogP contribution in [-0.2, 0) is 10.0 Å². The summed E-state index contributed by atoms with van der Waals surface area (Å²) in [6.45, 7) is 1.72. The van der Waals surface area contributed by atoms with Crippen molar-refractivity contribution >= 4 is 43.2 Å². The van der Waals surface area contributed by atoms with Gasteiger partial charge < -0.3 is 0 Å². The Morgan fingerprint density at radius 3 is 2.63 bits per heavy atom. The normalized spacial score (nSPS) is 11.3. The van der Waals surface area contributed by atoms with Crippen LogP contribution in [-0.4, -0.2) is 13.4 Å². The van der Waals surface area contributed by atoms with E-state index < -0.39 is 10.0 Å². The Morgan fingerprint density at radius 2 is 2.00 bits per heavy atom. The first-order valence-electron chi connectivity index (χ1n) is 5.30. The third kappa shape index (κ3) is 3.46. The van der Waals surface area contributed by atoms with Crippen LogP contribution in [0.2, 0.25) is 5.02 Å². The maximum absolute atomic E-state index is 12.2. The molecule has 19 heavy (non-hydrogen) atoms. The van der Waals surface area contributed by atoms with E-state index in [1.807, 2.05) is 0 Å². The molecule has 0 fully saturated rings. The number of halogens is 2. The molecule has 0 aliphatic carbocycles. The van der Waals surface area contributed by atoms with Crippen molar-refractivity contribution < 1.29 is 8.42 Å². The summed E-state index contributed by atoms with van der Waals surface area (Å²) < 4.78 is 27.5. The van der Waals surface area contributed by atoms with E-state index in [4.69, 9.17) is 11.6 Å². The summed E-state index contributed by atoms with van der Waals surface area (Å²) in [5.41, 5.74) is 1.02. The van der Waals surface area contributed by atoms with E-state index in [9.17, 15) is 8.42 Å². The van der Waals surface area contributed by atoms with Crippen LogP contribution in [0, 0.1) is 6.92 Å². The number of aryl methyl sites for hydroxylation is 1. The second-order valence-electron chi connectivity index (χ2n) is 3.83. The molecule has 0 atom stereocenters. The Kier molecular flexibility index (Phi) is 4.13. The molecule has 2 rings (SSSR count). The number of pyridine rings is 1. The zero-order valence-corrected chi connectivity index (χ0v) is 13.1. The van der Waals surface area contributed by atoms with Gasteiger partial charge in [0.15, 0.2) is 0 Å². The van der Waals surface area contributed by atoms with E-state index in [0.29, 0.717) is 21.0 Å². The number of hydrogen-bond acceptors (Lipinski definition) is 3. The van der Waals surface area contributed by atoms with Gasteiger partial charge >= 0.3 is 0 Å². The van der Waals surface area contributed by atoms with Gasteiger partial charge in [-0.05, 0) is 53.2 Å². The van der Waals surface area contributed by atoms with Gasteiger partial charge in [0.2, 0.25) is 0 Å². The van der Waals surface area contributed by atoms with E-state index >= 15 is 0 Å². The maximum Gasteiger partial charge on any atom is 0.262 e. The van der Waals surface area contributed by atoms with Crippen molar-refractivity contribution in [2.24, 2.45) is 0 Å². The van der Waals surface area contributed by atoms with E-state index in [0.717, 1.165) is 0 Å². The minimum Gasteiger partial charge on any atom is -0.278 e. The third-order valence-corrected chi connectivity index (χ3v) is 4.44. The Hall–Kier alpha value is -1.11. The summed E-state index contributed by atoms with van der Waals surface area (Å²) in [5, 5.41) is 0.369. The number of aromatic nitrogens is 1. The van der Waals surface area contributed by atoms with Crippen LogP contribution in [0.4, 0.5) is 5.69 Å². The van der Waals surface area contributed by atoms with Crippen molar-refractivity contribution in [1.29, 1.82) is 0 Å². The first kappa shape index (κ1) is 14.3. The average molecular weight is 362 g/mol. The second kappa shape index (κ2) is 5.48. The minimum absolute atomic E-state index is 0.113. The quantitative estimate of drug-likeness (QED) is 0.850. The zero-order valence-electron chi connectivity index (χ0n) is 9.89. The molecule has 0 unspecified atom stereocenters. The topological polar surface area (TPSA) is 59.1 Å². The molecule has 0 aliphatic rings. The van der Waals surface area contributed by atoms with Crippen LogP contribution in [0.3, 0.4) is 0 Å². The van der Waals surface area contributed by atoms with Crippen LogP contribution >= 0.6 is 27.5 Å². The largest absolute Gasteiger partial charge is 0.278 e. The lowest BCUT2D eigenvalue weighted by atomic mass is 10.3. The highest BCUT2D eigenvalue weighted by Gasteiger charge is 2.15. The molecule has 4 nitrogen and oxygen atoms in total. The molecule has 2 aromatic rings. The summed E-state index contributed by atoms with van der Waals surface area (Å²) in [5.74, 6) is 0. The van der Waals surface area contributed by atoms with Crippen LogP contribution < -0.4 is 4.72 Å². The number of nitrogens with zero attached hydrogens (tertiary/aromatic N) is 1. The van der Waals surface area contributed by atoms with Crippen LogP contribution in [0.1, 0.15) is 5.69 Å². The van der Waals surface area contributed by atoms with Crippen LogP contribution in [0.25, 0.3) is 0 Å². The summed E-state index contributed by atoms with van der Waals surface area (Å²) >= 11 is 9.02. The smallest absolute Gasteiger partial charge is 0.262 e. The molecule has 1 N–H and O–H groups in total. The number of hydrogen-bond donors (Lipinski definition) is 1. The Labute approximate surface area is 125 Å². The molecule has 0 amide bonds. The van der Waals surface area contributed by atoms with Crippen molar-refractivity contribution in [2.45, 2.75) is 11.8 Å². The predicted molar refractivity (Wildman–Crippen MR) is 78.9 cm³/mol. The van der Waals surface area contributed by atoms with E-state index in [1.165, 1.54) is 12.1 Å². The molecule has 0 radical (unpaired) electrons. The highest BCUT2D eigenvalue weighted by atomic mass is 79.9. The molecular formula is C12H10BrClN2O2S. The summed E-state index contributed by atoms with van der Waals surface area (Å²) in [4.78, 5) is 4.25. The lowest BCUT2D eigenvalue weighted by molar-refractivity contribution is 0.601. The highest BCUT2D eigenvalue weighted by Crippen LogP contribution is 2.22. The lowest BCUT2D eigenvalue weighted by Gasteiger charge is -2.10. The van der Waals surface area contributed by atoms with E-state index in [-0.39, 0.29) is 4.90 Å². The summed E-state index contributed by atoms with van der Waals surface area (Å²) in [6.07, 6.45) is 0. The second-order valence-corrected chi connectivity index (χ2v) is 6.76. The first-order valence-corrected chi connectivity index (χ1v) is 7.95. The van der Waals surface area contributed by atoms with Crippen molar-refractivity contribution in [1.82, 2.24) is 4.98 Å². The van der Waals surface area contributed by atoms with Gasteiger partial charge in [-0.15, -0.1) is 0 Å². The number of benzene rings is 1. The van der Waals surface area contributed by atoms with Crippen molar-refractivity contribution in [3.05, 3.63) is 51.7 Å². The van der Waals surface area contributed by atoms with E-state index in [2.05, 4.69) is 25.6 Å². The molecule has 7 heteroatoms. The fraction of sp³-hybridized carbons (Fsp3) is 0.0833. The SMILES string of the molecule is Cc1nc(Br)ccc1NS(=O)(=O)c1cccc(Cl)c1. The lowest BCUT2D eigenvalue weighted by Crippen LogP contribution is -2.14. The van der Waals surface area contributed by atoms with Crippen LogP contribution in [0.15, 0.2) is 45.9 Å². The van der Waals surface area contributed by atoms with Gasteiger partial charge in [-0.1, -0.05) is 17.7 Å². The standard InChI is InChI=1S/C12H10BrClN2O2S/c1-8-11(5-6-12(13)15-8)16-19(17,18)10-4-2-3-9(14)7-10/h2-7,16H,1H3. The maximum atomic E-state index is 12.2. The zero-order chi connectivity index (χ0) is 14.0. The average Bonchev–Trinajstić information content (AvgIpc) is 2.33. The minimum atomic E-state index is -3.66. The molecule has 0 bridgehead atoms. The fourth-order valence-corrected chi connectivity index (χ4v) is 3.29. The van der Waals surface area contributed by atoms with Gasteiger partial charge in [0, 0.05) is 5.02 Å². The molecule has 100 valence electrons. The van der Waals surface area contributed by atoms with Crippen molar-refractivity contribution in [3.63, 3.8) is 0 Å². The first-order chi connectivity index (χ1) is 8.88. The van der Waals surface area contributed by atoms with Gasteiger partial charge in [0.1, 0.15) is 4.60 Å². The monoisotopic (exact) mass is 360 g/mol. The van der Waals surface area contributed by atoms with Gasteiger partial charge in [0.05, 0.1) is 16.3 Å². The molecule has 0 aliphatic heterocycles. The number of rotatable bonds is 3. The number of nitrogens with one attached hydrogen (secondary N) is 1. The number of anilines is 1. The molecule has 1 aromatic carbocycles. The van der Waals surface area contributed by atoms with Gasteiger partial charge in [0.25, 0.3) is 10.0 Å². The third-order valence-electron chi connectivity index (χ3n) is 2.40. The summed E-state index contributed by atoms with van der Waals surface area (Å²) in [6, 6.07) is 9.40.